The molecular formula is C23H29N5O. The maximum atomic E-state index is 5.56. The van der Waals surface area contributed by atoms with Crippen LogP contribution in [0.1, 0.15) is 31.7 Å². The van der Waals surface area contributed by atoms with Crippen molar-refractivity contribution in [1.82, 2.24) is 19.9 Å². The number of aromatic nitrogens is 3. The van der Waals surface area contributed by atoms with E-state index in [4.69, 9.17) is 14.9 Å². The molecule has 3 aromatic rings. The SMILES string of the molecule is COc1ccccc1N1CCN([C@@H]2CCC[C@H](n3nc4ccccc4n3)C2)CC1. The molecule has 1 aliphatic heterocycles. The molecule has 6 heteroatoms. The first-order chi connectivity index (χ1) is 14.3. The Balaban J connectivity index is 1.24. The molecule has 2 atom stereocenters. The number of hydrogen-bond donors (Lipinski definition) is 0. The number of para-hydroxylation sites is 2. The van der Waals surface area contributed by atoms with Crippen molar-refractivity contribution in [3.63, 3.8) is 0 Å². The maximum absolute atomic E-state index is 5.56. The molecule has 6 nitrogen and oxygen atoms in total. The maximum Gasteiger partial charge on any atom is 0.142 e. The molecular weight excluding hydrogens is 362 g/mol. The largest absolute Gasteiger partial charge is 0.495 e. The summed E-state index contributed by atoms with van der Waals surface area (Å²) in [6, 6.07) is 17.6. The van der Waals surface area contributed by atoms with E-state index in [1.807, 2.05) is 23.0 Å². The molecule has 1 aliphatic carbocycles. The van der Waals surface area contributed by atoms with Gasteiger partial charge in [-0.15, -0.1) is 0 Å². The summed E-state index contributed by atoms with van der Waals surface area (Å²) in [5.41, 5.74) is 3.21. The standard InChI is InChI=1S/C23H29N5O/c1-29-23-12-5-4-11-22(23)27-15-13-26(14-16-27)18-7-6-8-19(17-18)28-24-20-9-2-3-10-21(20)25-28/h2-5,9-12,18-19H,6-8,13-17H2,1H3/t18-,19+/m1/s1. The van der Waals surface area contributed by atoms with E-state index in [2.05, 4.69) is 40.1 Å². The number of piperazine rings is 1. The molecule has 2 heterocycles. The second-order valence-corrected chi connectivity index (χ2v) is 8.18. The van der Waals surface area contributed by atoms with E-state index in [0.29, 0.717) is 12.1 Å². The summed E-state index contributed by atoms with van der Waals surface area (Å²) >= 11 is 0. The number of ether oxygens (including phenoxy) is 1. The van der Waals surface area contributed by atoms with Crippen molar-refractivity contribution in [2.24, 2.45) is 0 Å². The summed E-state index contributed by atoms with van der Waals surface area (Å²) in [6.45, 7) is 4.30. The lowest BCUT2D eigenvalue weighted by Gasteiger charge is -2.43. The van der Waals surface area contributed by atoms with Gasteiger partial charge in [-0.05, 0) is 49.9 Å². The zero-order valence-corrected chi connectivity index (χ0v) is 17.1. The Morgan fingerprint density at radius 2 is 1.48 bits per heavy atom. The van der Waals surface area contributed by atoms with Crippen LogP contribution in [0.25, 0.3) is 11.0 Å². The number of rotatable bonds is 4. The Morgan fingerprint density at radius 1 is 0.828 bits per heavy atom. The van der Waals surface area contributed by atoms with Crippen LogP contribution < -0.4 is 9.64 Å². The third kappa shape index (κ3) is 3.69. The van der Waals surface area contributed by atoms with Gasteiger partial charge < -0.3 is 9.64 Å². The summed E-state index contributed by atoms with van der Waals surface area (Å²) < 4.78 is 5.56. The molecule has 0 amide bonds. The fraction of sp³-hybridized carbons (Fsp3) is 0.478. The van der Waals surface area contributed by atoms with E-state index in [9.17, 15) is 0 Å². The number of hydrogen-bond acceptors (Lipinski definition) is 5. The minimum Gasteiger partial charge on any atom is -0.495 e. The lowest BCUT2D eigenvalue weighted by molar-refractivity contribution is 0.117. The van der Waals surface area contributed by atoms with Crippen molar-refractivity contribution >= 4 is 16.7 Å². The van der Waals surface area contributed by atoms with E-state index >= 15 is 0 Å². The van der Waals surface area contributed by atoms with Gasteiger partial charge in [0.05, 0.1) is 18.8 Å². The predicted molar refractivity (Wildman–Crippen MR) is 116 cm³/mol. The van der Waals surface area contributed by atoms with Crippen LogP contribution in [-0.2, 0) is 0 Å². The Labute approximate surface area is 172 Å². The molecule has 2 fully saturated rings. The van der Waals surface area contributed by atoms with Gasteiger partial charge in [-0.2, -0.15) is 15.0 Å². The van der Waals surface area contributed by atoms with Crippen molar-refractivity contribution in [2.75, 3.05) is 38.2 Å². The van der Waals surface area contributed by atoms with Gasteiger partial charge in [-0.25, -0.2) is 0 Å². The molecule has 1 aromatic heterocycles. The van der Waals surface area contributed by atoms with Gasteiger partial charge in [0.15, 0.2) is 0 Å². The highest BCUT2D eigenvalue weighted by Gasteiger charge is 2.31. The zero-order chi connectivity index (χ0) is 19.6. The van der Waals surface area contributed by atoms with Crippen LogP contribution in [0.15, 0.2) is 48.5 Å². The fourth-order valence-electron chi connectivity index (χ4n) is 4.94. The molecule has 2 aromatic carbocycles. The van der Waals surface area contributed by atoms with E-state index in [-0.39, 0.29) is 0 Å². The van der Waals surface area contributed by atoms with Crippen molar-refractivity contribution < 1.29 is 4.74 Å². The van der Waals surface area contributed by atoms with E-state index in [1.54, 1.807) is 7.11 Å². The molecule has 5 rings (SSSR count). The first-order valence-electron chi connectivity index (χ1n) is 10.8. The average Bonchev–Trinajstić information content (AvgIpc) is 3.24. The Hall–Kier alpha value is -2.60. The molecule has 29 heavy (non-hydrogen) atoms. The summed E-state index contributed by atoms with van der Waals surface area (Å²) in [6.07, 6.45) is 4.86. The van der Waals surface area contributed by atoms with Crippen LogP contribution in [0.5, 0.6) is 5.75 Å². The third-order valence-corrected chi connectivity index (χ3v) is 6.50. The monoisotopic (exact) mass is 391 g/mol. The lowest BCUT2D eigenvalue weighted by Crippen LogP contribution is -2.51. The molecule has 2 aliphatic rings. The highest BCUT2D eigenvalue weighted by Crippen LogP contribution is 2.33. The van der Waals surface area contributed by atoms with E-state index in [0.717, 1.165) is 49.4 Å². The minimum atomic E-state index is 0.411. The van der Waals surface area contributed by atoms with Gasteiger partial charge in [0.1, 0.15) is 16.8 Å². The topological polar surface area (TPSA) is 46.4 Å². The molecule has 1 saturated heterocycles. The number of anilines is 1. The Bertz CT molecular complexity index is 930. The second-order valence-electron chi connectivity index (χ2n) is 8.18. The molecule has 1 saturated carbocycles. The molecule has 0 bridgehead atoms. The number of benzene rings is 2. The molecule has 0 spiro atoms. The number of methoxy groups -OCH3 is 1. The predicted octanol–water partition coefficient (Wildman–Crippen LogP) is 3.75. The van der Waals surface area contributed by atoms with Gasteiger partial charge in [0.2, 0.25) is 0 Å². The lowest BCUT2D eigenvalue weighted by atomic mass is 9.90. The van der Waals surface area contributed by atoms with Gasteiger partial charge in [-0.3, -0.25) is 4.90 Å². The van der Waals surface area contributed by atoms with Gasteiger partial charge in [-0.1, -0.05) is 24.3 Å². The van der Waals surface area contributed by atoms with E-state index < -0.39 is 0 Å². The summed E-state index contributed by atoms with van der Waals surface area (Å²) in [5.74, 6) is 0.968. The minimum absolute atomic E-state index is 0.411. The number of nitrogens with zero attached hydrogens (tertiary/aromatic N) is 5. The normalized spacial score (nSPS) is 23.4. The smallest absolute Gasteiger partial charge is 0.142 e. The van der Waals surface area contributed by atoms with Crippen LogP contribution >= 0.6 is 0 Å². The fourth-order valence-corrected chi connectivity index (χ4v) is 4.94. The summed E-state index contributed by atoms with van der Waals surface area (Å²) in [5, 5.41) is 9.50. The van der Waals surface area contributed by atoms with E-state index in [1.165, 1.54) is 24.9 Å². The van der Waals surface area contributed by atoms with Crippen molar-refractivity contribution in [3.05, 3.63) is 48.5 Å². The third-order valence-electron chi connectivity index (χ3n) is 6.50. The molecule has 0 N–H and O–H groups in total. The molecule has 0 unspecified atom stereocenters. The summed E-state index contributed by atoms with van der Waals surface area (Å²) in [4.78, 5) is 7.13. The van der Waals surface area contributed by atoms with Gasteiger partial charge >= 0.3 is 0 Å². The van der Waals surface area contributed by atoms with Crippen LogP contribution in [0.2, 0.25) is 0 Å². The number of fused-ring (bicyclic) bond motifs is 1. The molecule has 0 radical (unpaired) electrons. The highest BCUT2D eigenvalue weighted by molar-refractivity contribution is 5.73. The van der Waals surface area contributed by atoms with Crippen molar-refractivity contribution in [1.29, 1.82) is 0 Å². The quantitative estimate of drug-likeness (QED) is 0.678. The van der Waals surface area contributed by atoms with Crippen molar-refractivity contribution in [3.8, 4) is 5.75 Å². The second kappa shape index (κ2) is 8.03. The van der Waals surface area contributed by atoms with Gasteiger partial charge in [0, 0.05) is 32.2 Å². The first kappa shape index (κ1) is 18.4. The van der Waals surface area contributed by atoms with Crippen LogP contribution in [0, 0.1) is 0 Å². The zero-order valence-electron chi connectivity index (χ0n) is 17.1. The van der Waals surface area contributed by atoms with Crippen LogP contribution in [0.3, 0.4) is 0 Å². The Morgan fingerprint density at radius 3 is 2.21 bits per heavy atom. The molecule has 152 valence electrons. The van der Waals surface area contributed by atoms with Crippen molar-refractivity contribution in [2.45, 2.75) is 37.8 Å². The van der Waals surface area contributed by atoms with Crippen LogP contribution in [0.4, 0.5) is 5.69 Å². The Kier molecular flexibility index (Phi) is 5.10. The highest BCUT2D eigenvalue weighted by atomic mass is 16.5. The average molecular weight is 392 g/mol. The summed E-state index contributed by atoms with van der Waals surface area (Å²) in [7, 11) is 1.75. The first-order valence-corrected chi connectivity index (χ1v) is 10.8. The van der Waals surface area contributed by atoms with Gasteiger partial charge in [0.25, 0.3) is 0 Å². The van der Waals surface area contributed by atoms with Crippen LogP contribution in [-0.4, -0.2) is 59.2 Å².